The molecule has 0 amide bonds. The van der Waals surface area contributed by atoms with E-state index in [9.17, 15) is 22.1 Å². The van der Waals surface area contributed by atoms with E-state index in [1.807, 2.05) is 6.07 Å². The van der Waals surface area contributed by atoms with E-state index in [0.717, 1.165) is 24.2 Å². The molecule has 0 aliphatic carbocycles. The summed E-state index contributed by atoms with van der Waals surface area (Å²) in [6, 6.07) is 10.9. The lowest BCUT2D eigenvalue weighted by atomic mass is 9.76. The maximum absolute atomic E-state index is 12.3. The van der Waals surface area contributed by atoms with E-state index in [4.69, 9.17) is 19.6 Å². The number of esters is 1. The maximum atomic E-state index is 12.3. The van der Waals surface area contributed by atoms with Gasteiger partial charge in [0.05, 0.1) is 18.7 Å². The molecule has 0 saturated heterocycles. The van der Waals surface area contributed by atoms with E-state index in [0.29, 0.717) is 5.75 Å². The Morgan fingerprint density at radius 1 is 0.919 bits per heavy atom. The van der Waals surface area contributed by atoms with Crippen molar-refractivity contribution in [3.05, 3.63) is 58.1 Å². The molecule has 0 unspecified atom stereocenters. The molecule has 11 heteroatoms. The Hall–Kier alpha value is -3.29. The molecule has 0 bridgehead atoms. The zero-order chi connectivity index (χ0) is 28.4. The van der Waals surface area contributed by atoms with Crippen molar-refractivity contribution in [2.24, 2.45) is 0 Å². The number of carbonyl (C=O) groups excluding carboxylic acids is 1. The number of benzene rings is 2. The second-order valence-corrected chi connectivity index (χ2v) is 9.65. The molecule has 0 atom stereocenters. The third-order valence-electron chi connectivity index (χ3n) is 6.35. The van der Waals surface area contributed by atoms with E-state index in [1.165, 1.54) is 18.7 Å². The van der Waals surface area contributed by atoms with E-state index in [2.05, 4.69) is 58.7 Å². The summed E-state index contributed by atoms with van der Waals surface area (Å²) in [7, 11) is -4.54. The molecule has 2 aromatic carbocycles. The highest BCUT2D eigenvalue weighted by molar-refractivity contribution is 6.50. The van der Waals surface area contributed by atoms with E-state index >= 15 is 0 Å². The van der Waals surface area contributed by atoms with Crippen LogP contribution in [0.2, 0.25) is 0 Å². The fourth-order valence-corrected chi connectivity index (χ4v) is 3.26. The van der Waals surface area contributed by atoms with Crippen LogP contribution in [0.25, 0.3) is 4.98 Å². The topological polar surface area (TPSA) is 72.9 Å². The molecule has 0 radical (unpaired) electrons. The van der Waals surface area contributed by atoms with Crippen LogP contribution in [0.4, 0.5) is 23.0 Å². The molecule has 0 aliphatic rings. The number of diazo groups is 1. The second-order valence-electron chi connectivity index (χ2n) is 9.65. The van der Waals surface area contributed by atoms with Gasteiger partial charge in [0.1, 0.15) is 19.0 Å². The Morgan fingerprint density at radius 2 is 1.49 bits per heavy atom. The summed E-state index contributed by atoms with van der Waals surface area (Å²) in [5.41, 5.74) is 2.94. The summed E-state index contributed by atoms with van der Waals surface area (Å²) in [5.74, 6) is 0.665. The molecule has 2 rings (SSSR count). The van der Waals surface area contributed by atoms with E-state index in [-0.39, 0.29) is 35.3 Å². The highest BCUT2D eigenvalue weighted by Crippen LogP contribution is 2.38. The molecule has 37 heavy (non-hydrogen) atoms. The van der Waals surface area contributed by atoms with Crippen LogP contribution in [0.5, 0.6) is 11.5 Å². The summed E-state index contributed by atoms with van der Waals surface area (Å²) in [5, 5.41) is 9.07. The molecule has 0 fully saturated rings. The molecule has 6 nitrogen and oxygen atoms in total. The zero-order valence-corrected chi connectivity index (χ0v) is 22.4. The predicted molar refractivity (Wildman–Crippen MR) is 137 cm³/mol. The van der Waals surface area contributed by atoms with Crippen molar-refractivity contribution in [2.75, 3.05) is 20.3 Å². The van der Waals surface area contributed by atoms with Crippen LogP contribution in [0, 0.1) is 5.39 Å². The number of rotatable bonds is 10. The fourth-order valence-electron chi connectivity index (χ4n) is 3.26. The average Bonchev–Trinajstić information content (AvgIpc) is 2.84. The number of ether oxygens (including phenoxy) is 3. The van der Waals surface area contributed by atoms with Gasteiger partial charge in [-0.25, -0.2) is 4.79 Å². The molecule has 0 N–H and O–H groups in total. The normalized spacial score (nSPS) is 11.6. The minimum absolute atomic E-state index is 0.0425. The molecule has 0 saturated carbocycles. The standard InChI is InChI=1S/C26H35N2O4.BF4/c1-8-25(3,4)19-11-13-22(20(17-19)26(5,6)9-2)31-14-15-32-24(29)18-10-12-23(30-7)21(16-18)28-27;2-1(3,4)5/h10-13,16-17H,8-9,14-15H2,1-7H3;/q+1;-1. The van der Waals surface area contributed by atoms with Crippen LogP contribution < -0.4 is 9.47 Å². The van der Waals surface area contributed by atoms with Gasteiger partial charge < -0.3 is 31.5 Å². The largest absolute Gasteiger partial charge is 0.673 e. The summed E-state index contributed by atoms with van der Waals surface area (Å²) in [6.45, 7) is 13.6. The van der Waals surface area contributed by atoms with Crippen LogP contribution in [-0.2, 0) is 15.6 Å². The van der Waals surface area contributed by atoms with Gasteiger partial charge in [0.2, 0.25) is 11.1 Å². The Balaban J connectivity index is 0.00000124. The van der Waals surface area contributed by atoms with Crippen molar-refractivity contribution in [3.63, 3.8) is 0 Å². The lowest BCUT2D eigenvalue weighted by Gasteiger charge is -2.30. The Morgan fingerprint density at radius 3 is 2.00 bits per heavy atom. The van der Waals surface area contributed by atoms with Crippen molar-refractivity contribution < 1.29 is 36.3 Å². The van der Waals surface area contributed by atoms with E-state index < -0.39 is 13.2 Å². The average molecular weight is 526 g/mol. The third-order valence-corrected chi connectivity index (χ3v) is 6.35. The zero-order valence-electron chi connectivity index (χ0n) is 22.4. The van der Waals surface area contributed by atoms with Crippen LogP contribution in [-0.4, -0.2) is 33.5 Å². The SMILES string of the molecule is CCC(C)(C)c1ccc(OCCOC(=O)c2ccc(OC)c([N+]#N)c2)c(C(C)(C)CC)c1.F[B-](F)(F)F. The van der Waals surface area contributed by atoms with Crippen LogP contribution in [0.3, 0.4) is 0 Å². The van der Waals surface area contributed by atoms with E-state index in [1.54, 1.807) is 12.1 Å². The first-order valence-corrected chi connectivity index (χ1v) is 11.9. The van der Waals surface area contributed by atoms with Crippen LogP contribution in [0.15, 0.2) is 36.4 Å². The van der Waals surface area contributed by atoms with Crippen molar-refractivity contribution in [2.45, 2.75) is 65.2 Å². The van der Waals surface area contributed by atoms with Gasteiger partial charge in [-0.15, -0.1) is 0 Å². The Labute approximate surface area is 216 Å². The molecular weight excluding hydrogens is 491 g/mol. The van der Waals surface area contributed by atoms with Gasteiger partial charge in [0.25, 0.3) is 0 Å². The molecule has 0 aromatic heterocycles. The Kier molecular flexibility index (Phi) is 11.4. The first kappa shape index (κ1) is 31.7. The molecule has 0 heterocycles. The van der Waals surface area contributed by atoms with Gasteiger partial charge in [-0.2, -0.15) is 0 Å². The number of halogens is 4. The van der Waals surface area contributed by atoms with Crippen molar-refractivity contribution in [1.29, 1.82) is 5.39 Å². The monoisotopic (exact) mass is 526 g/mol. The number of nitrogens with zero attached hydrogens (tertiary/aromatic N) is 2. The highest BCUT2D eigenvalue weighted by Gasteiger charge is 2.27. The van der Waals surface area contributed by atoms with Crippen molar-refractivity contribution in [1.82, 2.24) is 0 Å². The van der Waals surface area contributed by atoms with Crippen LogP contribution >= 0.6 is 0 Å². The maximum Gasteiger partial charge on any atom is 0.673 e. The number of carbonyl (C=O) groups is 1. The molecule has 2 aromatic rings. The second kappa shape index (κ2) is 13.3. The number of hydrogen-bond donors (Lipinski definition) is 0. The molecule has 204 valence electrons. The quantitative estimate of drug-likeness (QED) is 0.103. The predicted octanol–water partition coefficient (Wildman–Crippen LogP) is 8.09. The summed E-state index contributed by atoms with van der Waals surface area (Å²) in [6.07, 6.45) is 2.02. The molecular formula is C26H35BF4N2O4. The lowest BCUT2D eigenvalue weighted by Crippen LogP contribution is -2.22. The minimum atomic E-state index is -6.00. The van der Waals surface area contributed by atoms with Crippen molar-refractivity contribution in [3.8, 4) is 11.5 Å². The summed E-state index contributed by atoms with van der Waals surface area (Å²) >= 11 is 0. The van der Waals surface area contributed by atoms with Crippen LogP contribution in [0.1, 0.15) is 75.9 Å². The smallest absolute Gasteiger partial charge is 0.490 e. The van der Waals surface area contributed by atoms with Crippen molar-refractivity contribution >= 4 is 18.9 Å². The third kappa shape index (κ3) is 9.94. The Bertz CT molecular complexity index is 1090. The van der Waals surface area contributed by atoms with Gasteiger partial charge in [-0.3, -0.25) is 0 Å². The first-order chi connectivity index (χ1) is 17.1. The van der Waals surface area contributed by atoms with Gasteiger partial charge in [0, 0.05) is 5.56 Å². The first-order valence-electron chi connectivity index (χ1n) is 11.9. The fraction of sp³-hybridized carbons (Fsp3) is 0.500. The lowest BCUT2D eigenvalue weighted by molar-refractivity contribution is 0.0449. The summed E-state index contributed by atoms with van der Waals surface area (Å²) in [4.78, 5) is 15.5. The van der Waals surface area contributed by atoms with Gasteiger partial charge >= 0.3 is 18.9 Å². The summed E-state index contributed by atoms with van der Waals surface area (Å²) < 4.78 is 55.5. The molecule has 0 aliphatic heterocycles. The number of hydrogen-bond acceptors (Lipinski definition) is 5. The minimum Gasteiger partial charge on any atom is -0.490 e. The molecule has 0 spiro atoms. The number of methoxy groups -OCH3 is 1. The van der Waals surface area contributed by atoms with Gasteiger partial charge in [-0.1, -0.05) is 53.7 Å². The van der Waals surface area contributed by atoms with Gasteiger partial charge in [-0.05, 0) is 47.4 Å². The van der Waals surface area contributed by atoms with Gasteiger partial charge in [0.15, 0.2) is 4.98 Å². The highest BCUT2D eigenvalue weighted by atomic mass is 19.5.